The molecule has 1 aromatic heterocycles. The number of carbonyl (C=O) groups is 1. The maximum atomic E-state index is 12.8. The van der Waals surface area contributed by atoms with E-state index < -0.39 is 0 Å². The molecule has 0 bridgehead atoms. The minimum Gasteiger partial charge on any atom is -0.492 e. The number of hydrogen-bond acceptors (Lipinski definition) is 5. The third kappa shape index (κ3) is 3.66. The number of piperazine rings is 1. The van der Waals surface area contributed by atoms with Crippen molar-refractivity contribution in [3.8, 4) is 5.75 Å². The van der Waals surface area contributed by atoms with E-state index in [1.165, 1.54) is 0 Å². The average Bonchev–Trinajstić information content (AvgIpc) is 3.19. The molecule has 0 aliphatic carbocycles. The summed E-state index contributed by atoms with van der Waals surface area (Å²) in [7, 11) is 0. The van der Waals surface area contributed by atoms with E-state index in [1.54, 1.807) is 12.7 Å². The summed E-state index contributed by atoms with van der Waals surface area (Å²) in [6.07, 6.45) is 4.07. The van der Waals surface area contributed by atoms with E-state index in [4.69, 9.17) is 4.74 Å². The van der Waals surface area contributed by atoms with Crippen LogP contribution in [0, 0.1) is 5.92 Å². The number of para-hydroxylation sites is 1. The average molecular weight is 341 g/mol. The second-order valence-corrected chi connectivity index (χ2v) is 6.65. The molecule has 132 valence electrons. The number of benzene rings is 1. The van der Waals surface area contributed by atoms with Gasteiger partial charge in [0.05, 0.1) is 12.5 Å². The minimum absolute atomic E-state index is 0.0587. The Morgan fingerprint density at radius 1 is 1.16 bits per heavy atom. The lowest BCUT2D eigenvalue weighted by molar-refractivity contribution is -0.138. The van der Waals surface area contributed by atoms with Crippen LogP contribution in [-0.4, -0.2) is 69.8 Å². The number of rotatable bonds is 4. The summed E-state index contributed by atoms with van der Waals surface area (Å²) in [5.74, 6) is 1.09. The van der Waals surface area contributed by atoms with Gasteiger partial charge in [0.2, 0.25) is 5.91 Å². The molecule has 0 N–H and O–H groups in total. The van der Waals surface area contributed by atoms with Crippen molar-refractivity contribution < 1.29 is 9.53 Å². The highest BCUT2D eigenvalue weighted by molar-refractivity contribution is 5.80. The van der Waals surface area contributed by atoms with Gasteiger partial charge in [-0.05, 0) is 18.1 Å². The minimum atomic E-state index is -0.0587. The molecular weight excluding hydrogens is 318 g/mol. The van der Waals surface area contributed by atoms with E-state index >= 15 is 0 Å². The highest BCUT2D eigenvalue weighted by Gasteiger charge is 2.31. The van der Waals surface area contributed by atoms with Crippen LogP contribution in [0.4, 0.5) is 0 Å². The van der Waals surface area contributed by atoms with E-state index in [1.807, 2.05) is 27.8 Å². The Morgan fingerprint density at radius 2 is 2.00 bits per heavy atom. The summed E-state index contributed by atoms with van der Waals surface area (Å²) in [5.41, 5.74) is 1.14. The third-order valence-electron chi connectivity index (χ3n) is 5.02. The summed E-state index contributed by atoms with van der Waals surface area (Å²) in [4.78, 5) is 21.1. The van der Waals surface area contributed by atoms with Crippen LogP contribution in [0.2, 0.25) is 0 Å². The summed E-state index contributed by atoms with van der Waals surface area (Å²) < 4.78 is 7.62. The third-order valence-corrected chi connectivity index (χ3v) is 5.02. The molecule has 0 unspecified atom stereocenters. The van der Waals surface area contributed by atoms with Gasteiger partial charge in [-0.1, -0.05) is 18.2 Å². The number of carbonyl (C=O) groups excluding carboxylic acids is 1. The number of hydrogen-bond donors (Lipinski definition) is 0. The number of aromatic nitrogens is 3. The van der Waals surface area contributed by atoms with Crippen molar-refractivity contribution in [1.82, 2.24) is 24.6 Å². The Morgan fingerprint density at radius 3 is 2.80 bits per heavy atom. The fourth-order valence-electron chi connectivity index (χ4n) is 3.53. The van der Waals surface area contributed by atoms with Gasteiger partial charge < -0.3 is 9.64 Å². The zero-order valence-electron chi connectivity index (χ0n) is 14.3. The molecule has 2 aromatic rings. The monoisotopic (exact) mass is 341 g/mol. The molecule has 0 radical (unpaired) electrons. The van der Waals surface area contributed by atoms with Crippen LogP contribution in [0.15, 0.2) is 36.9 Å². The summed E-state index contributed by atoms with van der Waals surface area (Å²) in [6, 6.07) is 8.00. The van der Waals surface area contributed by atoms with Crippen molar-refractivity contribution in [2.45, 2.75) is 13.0 Å². The van der Waals surface area contributed by atoms with Gasteiger partial charge in [0.25, 0.3) is 0 Å². The molecular formula is C18H23N5O2. The van der Waals surface area contributed by atoms with E-state index in [9.17, 15) is 4.79 Å². The van der Waals surface area contributed by atoms with Gasteiger partial charge >= 0.3 is 0 Å². The van der Waals surface area contributed by atoms with Crippen molar-refractivity contribution in [1.29, 1.82) is 0 Å². The van der Waals surface area contributed by atoms with Crippen LogP contribution in [0.25, 0.3) is 0 Å². The first kappa shape index (κ1) is 16.1. The predicted octanol–water partition coefficient (Wildman–Crippen LogP) is 0.674. The van der Waals surface area contributed by atoms with Crippen molar-refractivity contribution >= 4 is 5.91 Å². The molecule has 3 heterocycles. The lowest BCUT2D eigenvalue weighted by atomic mass is 9.95. The van der Waals surface area contributed by atoms with Gasteiger partial charge in [-0.2, -0.15) is 5.10 Å². The first-order valence-corrected chi connectivity index (χ1v) is 8.84. The van der Waals surface area contributed by atoms with Crippen LogP contribution >= 0.6 is 0 Å². The van der Waals surface area contributed by atoms with Gasteiger partial charge in [0, 0.05) is 32.7 Å². The fraction of sp³-hybridized carbons (Fsp3) is 0.500. The summed E-state index contributed by atoms with van der Waals surface area (Å²) in [6.45, 7) is 5.65. The van der Waals surface area contributed by atoms with Gasteiger partial charge in [-0.3, -0.25) is 14.4 Å². The lowest BCUT2D eigenvalue weighted by Crippen LogP contribution is -2.52. The smallest absolute Gasteiger partial charge is 0.229 e. The van der Waals surface area contributed by atoms with E-state index in [2.05, 4.69) is 21.0 Å². The topological polar surface area (TPSA) is 63.5 Å². The molecule has 1 saturated heterocycles. The van der Waals surface area contributed by atoms with Crippen molar-refractivity contribution in [2.75, 3.05) is 39.3 Å². The van der Waals surface area contributed by atoms with E-state index in [0.717, 1.165) is 57.0 Å². The predicted molar refractivity (Wildman–Crippen MR) is 92.2 cm³/mol. The number of ether oxygens (including phenoxy) is 1. The van der Waals surface area contributed by atoms with Gasteiger partial charge in [0.15, 0.2) is 0 Å². The first-order valence-electron chi connectivity index (χ1n) is 8.84. The van der Waals surface area contributed by atoms with Gasteiger partial charge in [0.1, 0.15) is 25.0 Å². The van der Waals surface area contributed by atoms with Crippen molar-refractivity contribution in [3.63, 3.8) is 0 Å². The molecule has 25 heavy (non-hydrogen) atoms. The van der Waals surface area contributed by atoms with Gasteiger partial charge in [-0.15, -0.1) is 0 Å². The number of nitrogens with zero attached hydrogens (tertiary/aromatic N) is 5. The SMILES string of the molecule is O=C([C@H]1COc2ccccc2C1)N1CCN(CCn2cncn2)CC1. The molecule has 1 atom stereocenters. The van der Waals surface area contributed by atoms with Crippen molar-refractivity contribution in [3.05, 3.63) is 42.5 Å². The van der Waals surface area contributed by atoms with Crippen LogP contribution in [0.1, 0.15) is 5.56 Å². The van der Waals surface area contributed by atoms with Crippen molar-refractivity contribution in [2.24, 2.45) is 5.92 Å². The highest BCUT2D eigenvalue weighted by Crippen LogP contribution is 2.27. The molecule has 1 aromatic carbocycles. The maximum absolute atomic E-state index is 12.8. The maximum Gasteiger partial charge on any atom is 0.229 e. The molecule has 7 nitrogen and oxygen atoms in total. The summed E-state index contributed by atoms with van der Waals surface area (Å²) in [5, 5.41) is 4.12. The molecule has 4 rings (SSSR count). The van der Waals surface area contributed by atoms with Gasteiger partial charge in [-0.25, -0.2) is 4.98 Å². The van der Waals surface area contributed by atoms with E-state index in [-0.39, 0.29) is 11.8 Å². The molecule has 0 spiro atoms. The standard InChI is InChI=1S/C18H23N5O2/c24-18(16-11-15-3-1-2-4-17(15)25-12-16)22-8-5-21(6-9-22)7-10-23-14-19-13-20-23/h1-4,13-14,16H,5-12H2/t16-/m1/s1. The Labute approximate surface area is 147 Å². The Kier molecular flexibility index (Phi) is 4.65. The van der Waals surface area contributed by atoms with Crippen LogP contribution in [0.3, 0.4) is 0 Å². The Balaban J connectivity index is 1.27. The van der Waals surface area contributed by atoms with Crippen LogP contribution < -0.4 is 4.74 Å². The first-order chi connectivity index (χ1) is 12.3. The highest BCUT2D eigenvalue weighted by atomic mass is 16.5. The summed E-state index contributed by atoms with van der Waals surface area (Å²) >= 11 is 0. The molecule has 1 fully saturated rings. The largest absolute Gasteiger partial charge is 0.492 e. The molecule has 7 heteroatoms. The quantitative estimate of drug-likeness (QED) is 0.818. The molecule has 1 amide bonds. The molecule has 0 saturated carbocycles. The molecule has 2 aliphatic rings. The zero-order chi connectivity index (χ0) is 17.1. The lowest BCUT2D eigenvalue weighted by Gasteiger charge is -2.37. The number of amides is 1. The number of fused-ring (bicyclic) bond motifs is 1. The van der Waals surface area contributed by atoms with Crippen LogP contribution in [0.5, 0.6) is 5.75 Å². The molecule has 2 aliphatic heterocycles. The Bertz CT molecular complexity index is 710. The normalized spacial score (nSPS) is 20.8. The Hall–Kier alpha value is -2.41. The van der Waals surface area contributed by atoms with E-state index in [0.29, 0.717) is 6.61 Å². The fourth-order valence-corrected chi connectivity index (χ4v) is 3.53. The second kappa shape index (κ2) is 7.23. The zero-order valence-corrected chi connectivity index (χ0v) is 14.3. The van der Waals surface area contributed by atoms with Crippen LogP contribution in [-0.2, 0) is 17.8 Å². The second-order valence-electron chi connectivity index (χ2n) is 6.65.